The summed E-state index contributed by atoms with van der Waals surface area (Å²) >= 11 is 0. The normalized spacial score (nSPS) is 13.8. The molecule has 40 heavy (non-hydrogen) atoms. The third-order valence-corrected chi connectivity index (χ3v) is 8.70. The molecule has 0 radical (unpaired) electrons. The van der Waals surface area contributed by atoms with Gasteiger partial charge in [-0.1, -0.05) is 115 Å². The van der Waals surface area contributed by atoms with Gasteiger partial charge >= 0.3 is 0 Å². The molecule has 0 aliphatic heterocycles. The van der Waals surface area contributed by atoms with Crippen molar-refractivity contribution in [2.24, 2.45) is 0 Å². The Bertz CT molecular complexity index is 2240. The van der Waals surface area contributed by atoms with E-state index in [4.69, 9.17) is 0 Å². The van der Waals surface area contributed by atoms with Crippen LogP contribution in [0.2, 0.25) is 0 Å². The summed E-state index contributed by atoms with van der Waals surface area (Å²) in [5.74, 6) is 0. The van der Waals surface area contributed by atoms with Gasteiger partial charge in [0.2, 0.25) is 0 Å². The molecule has 0 nitrogen and oxygen atoms in total. The van der Waals surface area contributed by atoms with Crippen LogP contribution in [0.4, 0.5) is 0 Å². The molecule has 9 rings (SSSR count). The first-order chi connectivity index (χ1) is 19.8. The fraction of sp³-hybridized carbons (Fsp3) is 0. The predicted octanol–water partition coefficient (Wildman–Crippen LogP) is 10.4. The molecule has 0 N–H and O–H groups in total. The van der Waals surface area contributed by atoms with Crippen LogP contribution in [0.1, 0.15) is 33.4 Å². The lowest BCUT2D eigenvalue weighted by Gasteiger charge is -2.14. The van der Waals surface area contributed by atoms with Gasteiger partial charge in [0.15, 0.2) is 0 Å². The van der Waals surface area contributed by atoms with Crippen molar-refractivity contribution in [3.8, 4) is 0 Å². The quantitative estimate of drug-likeness (QED) is 0.220. The van der Waals surface area contributed by atoms with Gasteiger partial charge in [0, 0.05) is 0 Å². The van der Waals surface area contributed by atoms with E-state index in [2.05, 4.69) is 146 Å². The zero-order valence-corrected chi connectivity index (χ0v) is 21.9. The Morgan fingerprint density at radius 2 is 0.600 bits per heavy atom. The topological polar surface area (TPSA) is 0 Å². The van der Waals surface area contributed by atoms with Gasteiger partial charge < -0.3 is 0 Å². The highest BCUT2D eigenvalue weighted by Gasteiger charge is 2.38. The van der Waals surface area contributed by atoms with Crippen LogP contribution >= 0.6 is 0 Å². The van der Waals surface area contributed by atoms with Gasteiger partial charge in [-0.05, 0) is 118 Å². The number of hydrogen-bond donors (Lipinski definition) is 0. The first-order valence-electron chi connectivity index (χ1n) is 13.9. The molecule has 0 atom stereocenters. The lowest BCUT2D eigenvalue weighted by Crippen LogP contribution is -1.93. The molecular weight excluding hydrogens is 480 g/mol. The van der Waals surface area contributed by atoms with E-state index in [1.165, 1.54) is 88.0 Å². The molecule has 2 aliphatic carbocycles. The van der Waals surface area contributed by atoms with E-state index in [9.17, 15) is 0 Å². The fourth-order valence-electron chi connectivity index (χ4n) is 6.92. The van der Waals surface area contributed by atoms with Gasteiger partial charge in [-0.2, -0.15) is 0 Å². The lowest BCUT2D eigenvalue weighted by molar-refractivity contribution is 1.55. The summed E-state index contributed by atoms with van der Waals surface area (Å²) in [4.78, 5) is 0. The SMILES string of the molecule is c1ccc(C2=C3C(=C(c4ccc5ccccc5c4)c4cc5ccccc5cc43)c3cc4ccccc4cc32)cc1. The van der Waals surface area contributed by atoms with Crippen LogP contribution in [-0.2, 0) is 0 Å². The van der Waals surface area contributed by atoms with E-state index in [0.29, 0.717) is 0 Å². The van der Waals surface area contributed by atoms with E-state index in [0.717, 1.165) is 0 Å². The van der Waals surface area contributed by atoms with Crippen molar-refractivity contribution in [3.63, 3.8) is 0 Å². The molecule has 0 unspecified atom stereocenters. The summed E-state index contributed by atoms with van der Waals surface area (Å²) in [5, 5.41) is 7.66. The Hall–Kier alpha value is -5.20. The van der Waals surface area contributed by atoms with Crippen molar-refractivity contribution in [1.82, 2.24) is 0 Å². The minimum Gasteiger partial charge on any atom is -0.0622 e. The number of allylic oxidation sites excluding steroid dienone is 2. The molecule has 0 fully saturated rings. The minimum atomic E-state index is 1.27. The molecule has 7 aromatic rings. The number of fused-ring (bicyclic) bond motifs is 8. The molecule has 0 amide bonds. The minimum absolute atomic E-state index is 1.27. The van der Waals surface area contributed by atoms with Crippen LogP contribution in [-0.4, -0.2) is 0 Å². The summed E-state index contributed by atoms with van der Waals surface area (Å²) in [7, 11) is 0. The first kappa shape index (κ1) is 21.7. The van der Waals surface area contributed by atoms with Crippen LogP contribution in [0.5, 0.6) is 0 Å². The van der Waals surface area contributed by atoms with Gasteiger partial charge in [0.05, 0.1) is 0 Å². The Kier molecular flexibility index (Phi) is 4.42. The highest BCUT2D eigenvalue weighted by atomic mass is 14.4. The second-order valence-corrected chi connectivity index (χ2v) is 10.9. The zero-order valence-electron chi connectivity index (χ0n) is 21.9. The largest absolute Gasteiger partial charge is 0.0622 e. The molecule has 184 valence electrons. The average molecular weight is 505 g/mol. The lowest BCUT2D eigenvalue weighted by atomic mass is 9.89. The third kappa shape index (κ3) is 3.02. The molecular formula is C40H24. The molecule has 0 heterocycles. The standard InChI is InChI=1S/C40H24/c1-2-11-26(12-3-1)37-33-21-28-14-6-8-16-30(28)23-35(33)40-38(32-19-18-25-10-4-5-13-27(25)20-32)34-22-29-15-7-9-17-31(29)24-36(34)39(37)40/h1-24H. The van der Waals surface area contributed by atoms with Crippen molar-refractivity contribution in [1.29, 1.82) is 0 Å². The average Bonchev–Trinajstić information content (AvgIpc) is 3.50. The van der Waals surface area contributed by atoms with Crippen LogP contribution in [0.15, 0.2) is 146 Å². The van der Waals surface area contributed by atoms with Crippen molar-refractivity contribution >= 4 is 54.6 Å². The summed E-state index contributed by atoms with van der Waals surface area (Å²) in [6.45, 7) is 0. The maximum Gasteiger partial charge on any atom is -0.000740 e. The fourth-order valence-corrected chi connectivity index (χ4v) is 6.92. The summed E-state index contributed by atoms with van der Waals surface area (Å²) in [6.07, 6.45) is 0. The van der Waals surface area contributed by atoms with Crippen molar-refractivity contribution in [3.05, 3.63) is 179 Å². The molecule has 0 saturated heterocycles. The molecule has 2 aliphatic rings. The highest BCUT2D eigenvalue weighted by molar-refractivity contribution is 6.36. The van der Waals surface area contributed by atoms with E-state index >= 15 is 0 Å². The molecule has 0 bridgehead atoms. The van der Waals surface area contributed by atoms with E-state index in [-0.39, 0.29) is 0 Å². The summed E-state index contributed by atoms with van der Waals surface area (Å²) in [6, 6.07) is 53.8. The Morgan fingerprint density at radius 1 is 0.225 bits per heavy atom. The van der Waals surface area contributed by atoms with Gasteiger partial charge in [-0.25, -0.2) is 0 Å². The molecule has 0 spiro atoms. The maximum atomic E-state index is 2.42. The van der Waals surface area contributed by atoms with Crippen molar-refractivity contribution < 1.29 is 0 Å². The maximum absolute atomic E-state index is 2.42. The highest BCUT2D eigenvalue weighted by Crippen LogP contribution is 2.59. The van der Waals surface area contributed by atoms with E-state index in [1.807, 2.05) is 0 Å². The first-order valence-corrected chi connectivity index (χ1v) is 13.9. The van der Waals surface area contributed by atoms with Gasteiger partial charge in [0.1, 0.15) is 0 Å². The van der Waals surface area contributed by atoms with Gasteiger partial charge in [-0.15, -0.1) is 0 Å². The van der Waals surface area contributed by atoms with Crippen LogP contribution in [0.25, 0.3) is 54.6 Å². The van der Waals surface area contributed by atoms with Crippen LogP contribution in [0, 0.1) is 0 Å². The van der Waals surface area contributed by atoms with Crippen LogP contribution < -0.4 is 0 Å². The Balaban J connectivity index is 1.47. The summed E-state index contributed by atoms with van der Waals surface area (Å²) in [5.41, 5.74) is 13.2. The molecule has 0 heteroatoms. The monoisotopic (exact) mass is 504 g/mol. The molecule has 7 aromatic carbocycles. The second kappa shape index (κ2) is 8.15. The number of benzene rings is 7. The Morgan fingerprint density at radius 3 is 1.10 bits per heavy atom. The van der Waals surface area contributed by atoms with Gasteiger partial charge in [-0.3, -0.25) is 0 Å². The second-order valence-electron chi connectivity index (χ2n) is 10.9. The predicted molar refractivity (Wildman–Crippen MR) is 170 cm³/mol. The van der Waals surface area contributed by atoms with Crippen LogP contribution in [0.3, 0.4) is 0 Å². The zero-order chi connectivity index (χ0) is 26.2. The van der Waals surface area contributed by atoms with E-state index in [1.54, 1.807) is 0 Å². The third-order valence-electron chi connectivity index (χ3n) is 8.70. The van der Waals surface area contributed by atoms with E-state index < -0.39 is 0 Å². The van der Waals surface area contributed by atoms with Gasteiger partial charge in [0.25, 0.3) is 0 Å². The number of hydrogen-bond acceptors (Lipinski definition) is 0. The molecule has 0 aromatic heterocycles. The van der Waals surface area contributed by atoms with Crippen molar-refractivity contribution in [2.45, 2.75) is 0 Å². The number of rotatable bonds is 2. The smallest absolute Gasteiger partial charge is 0.000740 e. The molecule has 0 saturated carbocycles. The summed E-state index contributed by atoms with van der Waals surface area (Å²) < 4.78 is 0. The Labute approximate surface area is 233 Å². The van der Waals surface area contributed by atoms with Crippen molar-refractivity contribution in [2.75, 3.05) is 0 Å².